The number of para-hydroxylation sites is 3. The summed E-state index contributed by atoms with van der Waals surface area (Å²) in [7, 11) is 0. The van der Waals surface area contributed by atoms with Crippen molar-refractivity contribution in [1.82, 2.24) is 19.1 Å². The molecule has 0 unspecified atom stereocenters. The minimum Gasteiger partial charge on any atom is -0.310 e. The molecule has 0 atom stereocenters. The third-order valence-corrected chi connectivity index (χ3v) is 9.73. The van der Waals surface area contributed by atoms with Crippen LogP contribution in [-0.4, -0.2) is 19.1 Å². The molecule has 0 fully saturated rings. The summed E-state index contributed by atoms with van der Waals surface area (Å²) in [6.45, 7) is 8.76. The summed E-state index contributed by atoms with van der Waals surface area (Å²) in [6.07, 6.45) is 8.40. The SMILES string of the molecule is Cc1cccc(C)c1-n1cc2nc1-c1cccc(c1)N(c1ccccc1)c1cccc(c1)-c1nc(cn1-c1c(C)cccc1C)CCCC2. The molecule has 0 spiro atoms. The van der Waals surface area contributed by atoms with Crippen molar-refractivity contribution >= 4 is 17.1 Å². The Labute approximate surface area is 289 Å². The maximum atomic E-state index is 5.33. The van der Waals surface area contributed by atoms with E-state index in [0.717, 1.165) is 76.9 Å². The van der Waals surface area contributed by atoms with E-state index in [1.54, 1.807) is 0 Å². The molecule has 0 N–H and O–H groups in total. The second kappa shape index (κ2) is 12.7. The fourth-order valence-corrected chi connectivity index (χ4v) is 7.42. The second-order valence-corrected chi connectivity index (χ2v) is 13.3. The smallest absolute Gasteiger partial charge is 0.144 e. The highest BCUT2D eigenvalue weighted by atomic mass is 15.1. The van der Waals surface area contributed by atoms with Gasteiger partial charge in [0.05, 0.1) is 22.8 Å². The molecule has 3 heterocycles. The largest absolute Gasteiger partial charge is 0.310 e. The molecule has 0 saturated heterocycles. The predicted octanol–water partition coefficient (Wildman–Crippen LogP) is 11.0. The van der Waals surface area contributed by atoms with E-state index in [0.29, 0.717) is 0 Å². The Kier molecular flexibility index (Phi) is 7.96. The van der Waals surface area contributed by atoms with Gasteiger partial charge in [0.2, 0.25) is 0 Å². The number of hydrogen-bond acceptors (Lipinski definition) is 3. The molecule has 49 heavy (non-hydrogen) atoms. The van der Waals surface area contributed by atoms with E-state index >= 15 is 0 Å². The van der Waals surface area contributed by atoms with Gasteiger partial charge in [0, 0.05) is 40.6 Å². The lowest BCUT2D eigenvalue weighted by Crippen LogP contribution is -2.10. The van der Waals surface area contributed by atoms with E-state index in [1.165, 1.54) is 33.6 Å². The second-order valence-electron chi connectivity index (χ2n) is 13.3. The van der Waals surface area contributed by atoms with Crippen LogP contribution in [0.4, 0.5) is 17.1 Å². The molecule has 1 aliphatic rings. The third kappa shape index (κ3) is 5.76. The summed E-state index contributed by atoms with van der Waals surface area (Å²) in [6, 6.07) is 41.3. The summed E-state index contributed by atoms with van der Waals surface area (Å²) < 4.78 is 4.63. The van der Waals surface area contributed by atoms with Crippen LogP contribution in [0.5, 0.6) is 0 Å². The quantitative estimate of drug-likeness (QED) is 0.193. The van der Waals surface area contributed by atoms with Crippen LogP contribution in [0.1, 0.15) is 46.5 Å². The van der Waals surface area contributed by atoms with Crippen molar-refractivity contribution in [1.29, 1.82) is 0 Å². The molecule has 1 aliphatic heterocycles. The molecule has 0 aliphatic carbocycles. The summed E-state index contributed by atoms with van der Waals surface area (Å²) in [4.78, 5) is 13.0. The van der Waals surface area contributed by atoms with Crippen molar-refractivity contribution in [3.8, 4) is 34.2 Å². The molecule has 8 rings (SSSR count). The molecule has 8 bridgehead atoms. The maximum Gasteiger partial charge on any atom is 0.144 e. The average molecular weight is 640 g/mol. The fourth-order valence-electron chi connectivity index (χ4n) is 7.42. The van der Waals surface area contributed by atoms with Crippen LogP contribution in [0.3, 0.4) is 0 Å². The van der Waals surface area contributed by atoms with E-state index in [9.17, 15) is 0 Å². The number of imidazole rings is 2. The zero-order chi connectivity index (χ0) is 33.5. The number of benzene rings is 5. The predicted molar refractivity (Wildman–Crippen MR) is 202 cm³/mol. The van der Waals surface area contributed by atoms with Crippen LogP contribution in [0, 0.1) is 27.7 Å². The van der Waals surface area contributed by atoms with Gasteiger partial charge in [0.15, 0.2) is 0 Å². The highest BCUT2D eigenvalue weighted by Crippen LogP contribution is 2.39. The molecule has 0 amide bonds. The van der Waals surface area contributed by atoms with Gasteiger partial charge in [-0.1, -0.05) is 78.9 Å². The monoisotopic (exact) mass is 639 g/mol. The van der Waals surface area contributed by atoms with Gasteiger partial charge < -0.3 is 4.90 Å². The van der Waals surface area contributed by atoms with Crippen LogP contribution in [0.25, 0.3) is 34.2 Å². The molecule has 242 valence electrons. The van der Waals surface area contributed by atoms with Gasteiger partial charge >= 0.3 is 0 Å². The van der Waals surface area contributed by atoms with Gasteiger partial charge in [0.1, 0.15) is 11.6 Å². The number of aromatic nitrogens is 4. The highest BCUT2D eigenvalue weighted by Gasteiger charge is 2.21. The van der Waals surface area contributed by atoms with Crippen molar-refractivity contribution < 1.29 is 0 Å². The number of hydrogen-bond donors (Lipinski definition) is 0. The van der Waals surface area contributed by atoms with Crippen LogP contribution in [0.15, 0.2) is 128 Å². The molecule has 7 aromatic rings. The standard InChI is InChI=1S/C44H41N5/c1-30-14-10-15-31(2)41(30)47-28-36-20-8-9-21-37-29-48(42-32(3)16-11-17-33(42)4)44(46-37)35-19-13-25-40(27-35)49(38-22-6-5-7-23-38)39-24-12-18-34(26-39)43(47)45-36/h5-7,10-19,22-29H,8-9,20-21H2,1-4H3. The first-order chi connectivity index (χ1) is 23.9. The normalized spacial score (nSPS) is 12.9. The van der Waals surface area contributed by atoms with Gasteiger partial charge in [0.25, 0.3) is 0 Å². The average Bonchev–Trinajstić information content (AvgIpc) is 3.72. The lowest BCUT2D eigenvalue weighted by Gasteiger charge is -2.26. The summed E-state index contributed by atoms with van der Waals surface area (Å²) in [5.41, 5.74) is 15.0. The maximum absolute atomic E-state index is 5.33. The first-order valence-electron chi connectivity index (χ1n) is 17.3. The summed E-state index contributed by atoms with van der Waals surface area (Å²) >= 11 is 0. The Morgan fingerprint density at radius 2 is 0.857 bits per heavy atom. The number of fused-ring (bicyclic) bond motifs is 10. The Balaban J connectivity index is 1.35. The van der Waals surface area contributed by atoms with Crippen LogP contribution >= 0.6 is 0 Å². The van der Waals surface area contributed by atoms with E-state index in [4.69, 9.17) is 9.97 Å². The molecule has 2 aromatic heterocycles. The summed E-state index contributed by atoms with van der Waals surface area (Å²) in [5.74, 6) is 1.94. The topological polar surface area (TPSA) is 38.9 Å². The van der Waals surface area contributed by atoms with Crippen LogP contribution < -0.4 is 4.90 Å². The van der Waals surface area contributed by atoms with Gasteiger partial charge in [-0.2, -0.15) is 0 Å². The first kappa shape index (κ1) is 30.6. The lowest BCUT2D eigenvalue weighted by molar-refractivity contribution is 0.716. The zero-order valence-corrected chi connectivity index (χ0v) is 28.7. The van der Waals surface area contributed by atoms with E-state index in [-0.39, 0.29) is 0 Å². The van der Waals surface area contributed by atoms with Crippen molar-refractivity contribution in [2.45, 2.75) is 53.4 Å². The Bertz CT molecular complexity index is 2110. The number of aryl methyl sites for hydroxylation is 6. The molecule has 5 nitrogen and oxygen atoms in total. The molecular weight excluding hydrogens is 599 g/mol. The van der Waals surface area contributed by atoms with E-state index < -0.39 is 0 Å². The minimum atomic E-state index is 0.909. The van der Waals surface area contributed by atoms with Crippen LogP contribution in [-0.2, 0) is 12.8 Å². The fraction of sp³-hybridized carbons (Fsp3) is 0.182. The molecular formula is C44H41N5. The molecule has 0 saturated carbocycles. The summed E-state index contributed by atoms with van der Waals surface area (Å²) in [5, 5.41) is 0. The highest BCUT2D eigenvalue weighted by molar-refractivity contribution is 5.81. The first-order valence-corrected chi connectivity index (χ1v) is 17.3. The van der Waals surface area contributed by atoms with Crippen molar-refractivity contribution in [2.75, 3.05) is 4.90 Å². The molecule has 0 radical (unpaired) electrons. The Morgan fingerprint density at radius 1 is 0.449 bits per heavy atom. The van der Waals surface area contributed by atoms with Crippen molar-refractivity contribution in [3.05, 3.63) is 161 Å². The van der Waals surface area contributed by atoms with Crippen LogP contribution in [0.2, 0.25) is 0 Å². The van der Waals surface area contributed by atoms with Gasteiger partial charge in [-0.05, 0) is 112 Å². The molecule has 5 heteroatoms. The van der Waals surface area contributed by atoms with Gasteiger partial charge in [-0.3, -0.25) is 9.13 Å². The number of nitrogens with zero attached hydrogens (tertiary/aromatic N) is 5. The Morgan fingerprint density at radius 3 is 1.31 bits per heavy atom. The third-order valence-electron chi connectivity index (χ3n) is 9.73. The van der Waals surface area contributed by atoms with Crippen molar-refractivity contribution in [2.24, 2.45) is 0 Å². The molecule has 5 aromatic carbocycles. The van der Waals surface area contributed by atoms with Gasteiger partial charge in [-0.15, -0.1) is 0 Å². The lowest BCUT2D eigenvalue weighted by atomic mass is 10.1. The number of rotatable bonds is 3. The Hall–Kier alpha value is -5.68. The van der Waals surface area contributed by atoms with Gasteiger partial charge in [-0.25, -0.2) is 9.97 Å². The van der Waals surface area contributed by atoms with E-state index in [1.807, 2.05) is 0 Å². The van der Waals surface area contributed by atoms with Crippen molar-refractivity contribution in [3.63, 3.8) is 0 Å². The number of anilines is 3. The van der Waals surface area contributed by atoms with E-state index in [2.05, 4.69) is 169 Å². The minimum absolute atomic E-state index is 0.909. The zero-order valence-electron chi connectivity index (χ0n) is 28.7.